The third-order valence-corrected chi connectivity index (χ3v) is 5.12. The third kappa shape index (κ3) is 2.61. The number of hydrogen-bond acceptors (Lipinski definition) is 4. The molecule has 2 aliphatic rings. The van der Waals surface area contributed by atoms with Gasteiger partial charge < -0.3 is 10.1 Å². The van der Waals surface area contributed by atoms with E-state index >= 15 is 0 Å². The van der Waals surface area contributed by atoms with Gasteiger partial charge in [0, 0.05) is 0 Å². The van der Waals surface area contributed by atoms with Crippen molar-refractivity contribution >= 4 is 17.7 Å². The Kier molecular flexibility index (Phi) is 4.01. The Balaban J connectivity index is 1.61. The summed E-state index contributed by atoms with van der Waals surface area (Å²) in [5.74, 6) is -0.159. The molecule has 0 atom stereocenters. The van der Waals surface area contributed by atoms with Gasteiger partial charge in [0.1, 0.15) is 6.61 Å². The Morgan fingerprint density at radius 3 is 2.48 bits per heavy atom. The number of nitrogens with one attached hydrogen (secondary N) is 1. The number of rotatable bonds is 2. The van der Waals surface area contributed by atoms with Crippen LogP contribution in [0.25, 0.3) is 0 Å². The highest BCUT2D eigenvalue weighted by atomic mass is 16.6. The fraction of sp³-hybridized carbons (Fsp3) is 0.300. The minimum atomic E-state index is -0.604. The molecule has 1 saturated heterocycles. The van der Waals surface area contributed by atoms with Crippen molar-refractivity contribution in [1.29, 1.82) is 0 Å². The SMILES string of the molecule is O=C(OCc1ccccc1)N1C(=O)C2(CCNCC2)c2ccccc21. The highest BCUT2D eigenvalue weighted by molar-refractivity contribution is 6.21. The summed E-state index contributed by atoms with van der Waals surface area (Å²) in [5, 5.41) is 3.29. The smallest absolute Gasteiger partial charge is 0.421 e. The standard InChI is InChI=1S/C20H20N2O3/c23-18-20(10-12-21-13-11-20)16-8-4-5-9-17(16)22(18)19(24)25-14-15-6-2-1-3-7-15/h1-9,21H,10-14H2. The normalized spacial score (nSPS) is 18.2. The summed E-state index contributed by atoms with van der Waals surface area (Å²) >= 11 is 0. The molecule has 1 fully saturated rings. The van der Waals surface area contributed by atoms with Gasteiger partial charge in [-0.1, -0.05) is 48.5 Å². The first-order valence-corrected chi connectivity index (χ1v) is 8.58. The van der Waals surface area contributed by atoms with Crippen LogP contribution in [0.1, 0.15) is 24.0 Å². The van der Waals surface area contributed by atoms with Gasteiger partial charge in [0.15, 0.2) is 0 Å². The van der Waals surface area contributed by atoms with Crippen molar-refractivity contribution in [2.45, 2.75) is 24.9 Å². The molecule has 0 radical (unpaired) electrons. The van der Waals surface area contributed by atoms with Crippen LogP contribution >= 0.6 is 0 Å². The molecule has 0 aliphatic carbocycles. The summed E-state index contributed by atoms with van der Waals surface area (Å²) in [7, 11) is 0. The summed E-state index contributed by atoms with van der Waals surface area (Å²) in [6, 6.07) is 17.0. The number of para-hydroxylation sites is 1. The minimum absolute atomic E-state index is 0.153. The zero-order valence-corrected chi connectivity index (χ0v) is 13.9. The first-order chi connectivity index (χ1) is 12.2. The summed E-state index contributed by atoms with van der Waals surface area (Å²) in [6.45, 7) is 1.69. The van der Waals surface area contributed by atoms with Gasteiger partial charge in [-0.25, -0.2) is 9.69 Å². The average Bonchev–Trinajstić information content (AvgIpc) is 2.90. The molecule has 1 N–H and O–H groups in total. The van der Waals surface area contributed by atoms with Crippen molar-refractivity contribution in [3.63, 3.8) is 0 Å². The van der Waals surface area contributed by atoms with Crippen LogP contribution in [-0.4, -0.2) is 25.1 Å². The number of nitrogens with zero attached hydrogens (tertiary/aromatic N) is 1. The number of amides is 2. The summed E-state index contributed by atoms with van der Waals surface area (Å²) in [4.78, 5) is 27.1. The second kappa shape index (κ2) is 6.33. The van der Waals surface area contributed by atoms with E-state index in [-0.39, 0.29) is 12.5 Å². The zero-order chi connectivity index (χ0) is 17.3. The summed E-state index contributed by atoms with van der Waals surface area (Å²) in [5.41, 5.74) is 1.89. The van der Waals surface area contributed by atoms with Gasteiger partial charge in [-0.3, -0.25) is 4.79 Å². The van der Waals surface area contributed by atoms with Crippen molar-refractivity contribution in [2.75, 3.05) is 18.0 Å². The number of benzene rings is 2. The maximum absolute atomic E-state index is 13.2. The number of hydrogen-bond donors (Lipinski definition) is 1. The predicted molar refractivity (Wildman–Crippen MR) is 94.3 cm³/mol. The fourth-order valence-corrected chi connectivity index (χ4v) is 3.81. The Morgan fingerprint density at radius 2 is 1.72 bits per heavy atom. The van der Waals surface area contributed by atoms with Gasteiger partial charge in [-0.15, -0.1) is 0 Å². The molecule has 25 heavy (non-hydrogen) atoms. The van der Waals surface area contributed by atoms with Crippen molar-refractivity contribution < 1.29 is 14.3 Å². The molecular weight excluding hydrogens is 316 g/mol. The van der Waals surface area contributed by atoms with Crippen LogP contribution < -0.4 is 10.2 Å². The monoisotopic (exact) mass is 336 g/mol. The van der Waals surface area contributed by atoms with Crippen LogP contribution in [0.5, 0.6) is 0 Å². The second-order valence-corrected chi connectivity index (χ2v) is 6.53. The lowest BCUT2D eigenvalue weighted by Gasteiger charge is -2.32. The van der Waals surface area contributed by atoms with Crippen molar-refractivity contribution in [3.05, 3.63) is 65.7 Å². The van der Waals surface area contributed by atoms with Crippen LogP contribution in [-0.2, 0) is 21.6 Å². The Hall–Kier alpha value is -2.66. The molecular formula is C20H20N2O3. The van der Waals surface area contributed by atoms with E-state index in [0.29, 0.717) is 18.5 Å². The largest absolute Gasteiger partial charge is 0.444 e. The van der Waals surface area contributed by atoms with Crippen molar-refractivity contribution in [3.8, 4) is 0 Å². The maximum Gasteiger partial charge on any atom is 0.421 e. The van der Waals surface area contributed by atoms with Crippen LogP contribution in [0.4, 0.5) is 10.5 Å². The van der Waals surface area contributed by atoms with E-state index in [1.54, 1.807) is 0 Å². The van der Waals surface area contributed by atoms with E-state index < -0.39 is 11.5 Å². The topological polar surface area (TPSA) is 58.6 Å². The van der Waals surface area contributed by atoms with E-state index in [9.17, 15) is 9.59 Å². The fourth-order valence-electron chi connectivity index (χ4n) is 3.81. The molecule has 2 amide bonds. The van der Waals surface area contributed by atoms with Gasteiger partial charge in [0.2, 0.25) is 5.91 Å². The molecule has 0 aromatic heterocycles. The molecule has 2 aromatic rings. The Morgan fingerprint density at radius 1 is 1.04 bits per heavy atom. The number of piperidine rings is 1. The zero-order valence-electron chi connectivity index (χ0n) is 13.9. The van der Waals surface area contributed by atoms with Crippen molar-refractivity contribution in [2.24, 2.45) is 0 Å². The van der Waals surface area contributed by atoms with Gasteiger partial charge in [0.05, 0.1) is 11.1 Å². The highest BCUT2D eigenvalue weighted by Crippen LogP contribution is 2.47. The van der Waals surface area contributed by atoms with Gasteiger partial charge in [-0.05, 0) is 43.1 Å². The van der Waals surface area contributed by atoms with Gasteiger partial charge in [0.25, 0.3) is 0 Å². The van der Waals surface area contributed by atoms with Crippen LogP contribution in [0.2, 0.25) is 0 Å². The molecule has 5 heteroatoms. The molecule has 0 saturated carbocycles. The first kappa shape index (κ1) is 15.8. The molecule has 4 rings (SSSR count). The lowest BCUT2D eigenvalue weighted by atomic mass is 9.74. The quantitative estimate of drug-likeness (QED) is 0.916. The third-order valence-electron chi connectivity index (χ3n) is 5.12. The molecule has 128 valence electrons. The van der Waals surface area contributed by atoms with E-state index in [1.165, 1.54) is 4.90 Å². The number of imide groups is 1. The number of ether oxygens (including phenoxy) is 1. The van der Waals surface area contributed by atoms with Crippen molar-refractivity contribution in [1.82, 2.24) is 5.32 Å². The van der Waals surface area contributed by atoms with Crippen LogP contribution in [0, 0.1) is 0 Å². The molecule has 2 aromatic carbocycles. The number of carbonyl (C=O) groups is 2. The molecule has 0 bridgehead atoms. The molecule has 2 heterocycles. The summed E-state index contributed by atoms with van der Waals surface area (Å²) < 4.78 is 5.42. The van der Waals surface area contributed by atoms with E-state index in [1.807, 2.05) is 54.6 Å². The lowest BCUT2D eigenvalue weighted by molar-refractivity contribution is -0.123. The molecule has 2 aliphatic heterocycles. The van der Waals surface area contributed by atoms with E-state index in [4.69, 9.17) is 4.74 Å². The van der Waals surface area contributed by atoms with E-state index in [0.717, 1.165) is 24.2 Å². The second-order valence-electron chi connectivity index (χ2n) is 6.53. The summed E-state index contributed by atoms with van der Waals surface area (Å²) in [6.07, 6.45) is 0.799. The average molecular weight is 336 g/mol. The number of fused-ring (bicyclic) bond motifs is 2. The lowest BCUT2D eigenvalue weighted by Crippen LogP contribution is -2.48. The van der Waals surface area contributed by atoms with Crippen LogP contribution in [0.15, 0.2) is 54.6 Å². The molecule has 0 unspecified atom stereocenters. The molecule has 5 nitrogen and oxygen atoms in total. The molecule has 1 spiro atoms. The Labute approximate surface area is 146 Å². The van der Waals surface area contributed by atoms with E-state index in [2.05, 4.69) is 5.32 Å². The minimum Gasteiger partial charge on any atom is -0.444 e. The number of anilines is 1. The Bertz CT molecular complexity index is 798. The highest BCUT2D eigenvalue weighted by Gasteiger charge is 2.53. The van der Waals surface area contributed by atoms with Crippen LogP contribution in [0.3, 0.4) is 0 Å². The maximum atomic E-state index is 13.2. The first-order valence-electron chi connectivity index (χ1n) is 8.58. The predicted octanol–water partition coefficient (Wildman–Crippen LogP) is 2.99. The van der Waals surface area contributed by atoms with Gasteiger partial charge >= 0.3 is 6.09 Å². The van der Waals surface area contributed by atoms with Gasteiger partial charge in [-0.2, -0.15) is 0 Å². The number of carbonyl (C=O) groups excluding carboxylic acids is 2.